The number of urea groups is 1. The van der Waals surface area contributed by atoms with Crippen molar-refractivity contribution in [1.82, 2.24) is 10.0 Å². The van der Waals surface area contributed by atoms with Gasteiger partial charge in [0.2, 0.25) is 10.0 Å². The number of hydrogen-bond donors (Lipinski definition) is 3. The second-order valence-electron chi connectivity index (χ2n) is 4.95. The van der Waals surface area contributed by atoms with Gasteiger partial charge in [-0.1, -0.05) is 17.7 Å². The lowest BCUT2D eigenvalue weighted by atomic mass is 10.2. The molecule has 1 rings (SSSR count). The van der Waals surface area contributed by atoms with Crippen molar-refractivity contribution in [3.8, 4) is 0 Å². The molecule has 132 valence electrons. The van der Waals surface area contributed by atoms with Crippen LogP contribution in [-0.2, 0) is 24.3 Å². The summed E-state index contributed by atoms with van der Waals surface area (Å²) < 4.78 is 31.0. The maximum absolute atomic E-state index is 12.0. The Hall–Kier alpha value is -2.46. The van der Waals surface area contributed by atoms with Crippen LogP contribution in [0.5, 0.6) is 0 Å². The van der Waals surface area contributed by atoms with Gasteiger partial charge in [-0.3, -0.25) is 14.9 Å². The Morgan fingerprint density at radius 1 is 1.21 bits per heavy atom. The first-order valence-corrected chi connectivity index (χ1v) is 8.46. The van der Waals surface area contributed by atoms with Gasteiger partial charge in [0.15, 0.2) is 6.10 Å². The van der Waals surface area contributed by atoms with Crippen molar-refractivity contribution < 1.29 is 27.5 Å². The highest BCUT2D eigenvalue weighted by atomic mass is 32.2. The van der Waals surface area contributed by atoms with Gasteiger partial charge >= 0.3 is 12.0 Å². The molecular weight excluding hydrogens is 338 g/mol. The maximum Gasteiger partial charge on any atom is 0.318 e. The van der Waals surface area contributed by atoms with Gasteiger partial charge in [-0.2, -0.15) is 0 Å². The summed E-state index contributed by atoms with van der Waals surface area (Å²) in [5.74, 6) is -1.66. The second kappa shape index (κ2) is 8.41. The van der Waals surface area contributed by atoms with Crippen molar-refractivity contribution in [2.75, 3.05) is 6.54 Å². The van der Waals surface area contributed by atoms with Crippen molar-refractivity contribution in [3.63, 3.8) is 0 Å². The van der Waals surface area contributed by atoms with Crippen molar-refractivity contribution >= 4 is 27.9 Å². The van der Waals surface area contributed by atoms with Crippen LogP contribution in [0.25, 0.3) is 0 Å². The van der Waals surface area contributed by atoms with E-state index in [1.165, 1.54) is 19.1 Å². The largest absolute Gasteiger partial charge is 0.452 e. The van der Waals surface area contributed by atoms with Crippen LogP contribution in [0.3, 0.4) is 0 Å². The average Bonchev–Trinajstić information content (AvgIpc) is 2.46. The first kappa shape index (κ1) is 19.6. The molecule has 1 atom stereocenters. The zero-order chi connectivity index (χ0) is 18.3. The molecule has 0 heterocycles. The third-order valence-electron chi connectivity index (χ3n) is 2.88. The topological polar surface area (TPSA) is 145 Å². The molecule has 3 amide bonds. The zero-order valence-electron chi connectivity index (χ0n) is 13.2. The number of esters is 1. The van der Waals surface area contributed by atoms with Crippen LogP contribution in [0.2, 0.25) is 0 Å². The molecule has 0 aliphatic rings. The molecule has 0 fully saturated rings. The highest BCUT2D eigenvalue weighted by Crippen LogP contribution is 2.09. The van der Waals surface area contributed by atoms with E-state index in [2.05, 4.69) is 4.72 Å². The first-order chi connectivity index (χ1) is 11.1. The number of carbonyl (C=O) groups is 3. The van der Waals surface area contributed by atoms with E-state index in [0.29, 0.717) is 0 Å². The average molecular weight is 357 g/mol. The molecular formula is C14H19N3O6S. The Balaban J connectivity index is 2.46. The molecule has 24 heavy (non-hydrogen) atoms. The molecule has 10 heteroatoms. The zero-order valence-corrected chi connectivity index (χ0v) is 14.1. The minimum atomic E-state index is -3.73. The van der Waals surface area contributed by atoms with Crippen molar-refractivity contribution in [2.24, 2.45) is 5.73 Å². The Bertz CT molecular complexity index is 715. The SMILES string of the molecule is Cc1ccc(S(=O)(=O)NCCC(=O)O[C@H](C)C(=O)NC(N)=O)cc1. The predicted octanol–water partition coefficient (Wildman–Crippen LogP) is -0.210. The maximum atomic E-state index is 12.0. The third-order valence-corrected chi connectivity index (χ3v) is 4.35. The van der Waals surface area contributed by atoms with E-state index in [-0.39, 0.29) is 17.9 Å². The normalized spacial score (nSPS) is 12.2. The van der Waals surface area contributed by atoms with E-state index >= 15 is 0 Å². The summed E-state index contributed by atoms with van der Waals surface area (Å²) in [5.41, 5.74) is 5.68. The van der Waals surface area contributed by atoms with Gasteiger partial charge in [0.05, 0.1) is 11.3 Å². The van der Waals surface area contributed by atoms with Crippen LogP contribution in [0.15, 0.2) is 29.2 Å². The quantitative estimate of drug-likeness (QED) is 0.576. The number of benzene rings is 1. The van der Waals surface area contributed by atoms with E-state index in [0.717, 1.165) is 5.56 Å². The van der Waals surface area contributed by atoms with Crippen molar-refractivity contribution in [3.05, 3.63) is 29.8 Å². The Morgan fingerprint density at radius 2 is 1.79 bits per heavy atom. The standard InChI is InChI=1S/C14H19N3O6S/c1-9-3-5-11(6-4-9)24(21,22)16-8-7-12(18)23-10(2)13(19)17-14(15)20/h3-6,10,16H,7-8H2,1-2H3,(H3,15,17,19,20)/t10-/m1/s1. The number of nitrogens with one attached hydrogen (secondary N) is 2. The fraction of sp³-hybridized carbons (Fsp3) is 0.357. The summed E-state index contributed by atoms with van der Waals surface area (Å²) >= 11 is 0. The molecule has 1 aromatic rings. The van der Waals surface area contributed by atoms with Crippen molar-refractivity contribution in [2.45, 2.75) is 31.3 Å². The number of nitrogens with two attached hydrogens (primary N) is 1. The van der Waals surface area contributed by atoms with E-state index in [9.17, 15) is 22.8 Å². The molecule has 0 saturated carbocycles. The number of aryl methyl sites for hydroxylation is 1. The summed E-state index contributed by atoms with van der Waals surface area (Å²) in [7, 11) is -3.73. The lowest BCUT2D eigenvalue weighted by molar-refractivity contribution is -0.154. The van der Waals surface area contributed by atoms with E-state index < -0.39 is 34.0 Å². The molecule has 0 unspecified atom stereocenters. The highest BCUT2D eigenvalue weighted by Gasteiger charge is 2.19. The fourth-order valence-electron chi connectivity index (χ4n) is 1.62. The van der Waals surface area contributed by atoms with Gasteiger partial charge in [-0.05, 0) is 26.0 Å². The molecule has 1 aromatic carbocycles. The summed E-state index contributed by atoms with van der Waals surface area (Å²) in [6, 6.07) is 5.15. The molecule has 9 nitrogen and oxygen atoms in total. The monoisotopic (exact) mass is 357 g/mol. The molecule has 0 saturated heterocycles. The van der Waals surface area contributed by atoms with Gasteiger partial charge < -0.3 is 10.5 Å². The van der Waals surface area contributed by atoms with Gasteiger partial charge in [0, 0.05) is 6.54 Å². The van der Waals surface area contributed by atoms with Crippen LogP contribution in [0.4, 0.5) is 4.79 Å². The Labute approximate surface area is 139 Å². The Morgan fingerprint density at radius 3 is 2.33 bits per heavy atom. The minimum Gasteiger partial charge on any atom is -0.452 e. The first-order valence-electron chi connectivity index (χ1n) is 6.98. The number of amides is 3. The van der Waals surface area contributed by atoms with Gasteiger partial charge in [0.1, 0.15) is 0 Å². The molecule has 0 spiro atoms. The number of ether oxygens (including phenoxy) is 1. The minimum absolute atomic E-state index is 0.0793. The van der Waals surface area contributed by atoms with Crippen LogP contribution >= 0.6 is 0 Å². The summed E-state index contributed by atoms with van der Waals surface area (Å²) in [5, 5.41) is 1.77. The van der Waals surface area contributed by atoms with Crippen LogP contribution in [0, 0.1) is 6.92 Å². The number of primary amides is 1. The third kappa shape index (κ3) is 6.34. The summed E-state index contributed by atoms with van der Waals surface area (Å²) in [6.07, 6.45) is -1.50. The van der Waals surface area contributed by atoms with Crippen LogP contribution < -0.4 is 15.8 Å². The molecule has 0 bridgehead atoms. The van der Waals surface area contributed by atoms with Crippen LogP contribution in [0.1, 0.15) is 18.9 Å². The summed E-state index contributed by atoms with van der Waals surface area (Å²) in [4.78, 5) is 33.5. The van der Waals surface area contributed by atoms with Gasteiger partial charge in [-0.25, -0.2) is 17.9 Å². The number of rotatable bonds is 7. The lowest BCUT2D eigenvalue weighted by Gasteiger charge is -2.12. The second-order valence-corrected chi connectivity index (χ2v) is 6.71. The number of sulfonamides is 1. The van der Waals surface area contributed by atoms with E-state index in [4.69, 9.17) is 10.5 Å². The van der Waals surface area contributed by atoms with Gasteiger partial charge in [0.25, 0.3) is 5.91 Å². The van der Waals surface area contributed by atoms with E-state index in [1.54, 1.807) is 17.4 Å². The lowest BCUT2D eigenvalue weighted by Crippen LogP contribution is -2.42. The van der Waals surface area contributed by atoms with E-state index in [1.807, 2.05) is 6.92 Å². The highest BCUT2D eigenvalue weighted by molar-refractivity contribution is 7.89. The molecule has 0 aliphatic heterocycles. The molecule has 0 aromatic heterocycles. The Kier molecular flexibility index (Phi) is 6.86. The fourth-order valence-corrected chi connectivity index (χ4v) is 2.65. The summed E-state index contributed by atoms with van der Waals surface area (Å²) in [6.45, 7) is 2.89. The molecule has 0 radical (unpaired) electrons. The van der Waals surface area contributed by atoms with Crippen LogP contribution in [-0.4, -0.2) is 39.0 Å². The number of hydrogen-bond acceptors (Lipinski definition) is 6. The number of carbonyl (C=O) groups excluding carboxylic acids is 3. The molecule has 0 aliphatic carbocycles. The predicted molar refractivity (Wildman–Crippen MR) is 84.3 cm³/mol. The van der Waals surface area contributed by atoms with Crippen molar-refractivity contribution in [1.29, 1.82) is 0 Å². The molecule has 4 N–H and O–H groups in total. The van der Waals surface area contributed by atoms with Gasteiger partial charge in [-0.15, -0.1) is 0 Å². The number of imide groups is 1. The smallest absolute Gasteiger partial charge is 0.318 e.